The molecule has 0 saturated carbocycles. The van der Waals surface area contributed by atoms with Crippen molar-refractivity contribution in [2.24, 2.45) is 0 Å². The summed E-state index contributed by atoms with van der Waals surface area (Å²) in [6.07, 6.45) is 1.11. The van der Waals surface area contributed by atoms with Gasteiger partial charge in [-0.2, -0.15) is 0 Å². The molecule has 0 fully saturated rings. The number of benzene rings is 2. The quantitative estimate of drug-likeness (QED) is 0.657. The standard InChI is InChI=1S/C23H28N2O2/c1-16-20(19-12-8-9-13-21(19)24-16)15-18(14-17-10-6-5-7-11-17)25-22(26)27-23(2,3)4/h5-13,18,24H,14-15H2,1-4H3,(H,25,26)/t18-/m1/s1. The van der Waals surface area contributed by atoms with E-state index in [1.807, 2.05) is 51.1 Å². The number of carbonyl (C=O) groups excluding carboxylic acids is 1. The van der Waals surface area contributed by atoms with Crippen LogP contribution in [0.3, 0.4) is 0 Å². The van der Waals surface area contributed by atoms with Gasteiger partial charge < -0.3 is 15.0 Å². The second-order valence-electron chi connectivity index (χ2n) is 8.01. The summed E-state index contributed by atoms with van der Waals surface area (Å²) < 4.78 is 5.48. The van der Waals surface area contributed by atoms with Crippen molar-refractivity contribution in [2.45, 2.75) is 52.2 Å². The Kier molecular flexibility index (Phi) is 5.54. The summed E-state index contributed by atoms with van der Waals surface area (Å²) >= 11 is 0. The highest BCUT2D eigenvalue weighted by Crippen LogP contribution is 2.24. The zero-order valence-electron chi connectivity index (χ0n) is 16.5. The summed E-state index contributed by atoms with van der Waals surface area (Å²) in [5, 5.41) is 4.28. The number of para-hydroxylation sites is 1. The van der Waals surface area contributed by atoms with Gasteiger partial charge in [-0.25, -0.2) is 4.79 Å². The minimum absolute atomic E-state index is 0.0554. The molecule has 0 saturated heterocycles. The van der Waals surface area contributed by atoms with E-state index >= 15 is 0 Å². The molecule has 0 radical (unpaired) electrons. The first-order valence-corrected chi connectivity index (χ1v) is 9.41. The van der Waals surface area contributed by atoms with Crippen molar-refractivity contribution in [3.8, 4) is 0 Å². The van der Waals surface area contributed by atoms with Gasteiger partial charge in [-0.05, 0) is 57.7 Å². The van der Waals surface area contributed by atoms with Gasteiger partial charge in [0, 0.05) is 22.6 Å². The highest BCUT2D eigenvalue weighted by molar-refractivity contribution is 5.84. The van der Waals surface area contributed by atoms with E-state index in [-0.39, 0.29) is 12.1 Å². The lowest BCUT2D eigenvalue weighted by Crippen LogP contribution is -2.41. The molecule has 1 heterocycles. The smallest absolute Gasteiger partial charge is 0.407 e. The Morgan fingerprint density at radius 2 is 1.70 bits per heavy atom. The van der Waals surface area contributed by atoms with Crippen LogP contribution in [0.5, 0.6) is 0 Å². The number of aryl methyl sites for hydroxylation is 1. The zero-order chi connectivity index (χ0) is 19.4. The van der Waals surface area contributed by atoms with Crippen LogP contribution in [-0.4, -0.2) is 22.7 Å². The van der Waals surface area contributed by atoms with Crippen LogP contribution in [0.2, 0.25) is 0 Å². The average molecular weight is 364 g/mol. The fourth-order valence-corrected chi connectivity index (χ4v) is 3.39. The number of hydrogen-bond acceptors (Lipinski definition) is 2. The lowest BCUT2D eigenvalue weighted by molar-refractivity contribution is 0.0504. The van der Waals surface area contributed by atoms with Crippen LogP contribution in [-0.2, 0) is 17.6 Å². The van der Waals surface area contributed by atoms with Crippen LogP contribution in [0.25, 0.3) is 10.9 Å². The molecule has 4 nitrogen and oxygen atoms in total. The molecule has 1 amide bonds. The van der Waals surface area contributed by atoms with E-state index in [9.17, 15) is 4.79 Å². The minimum Gasteiger partial charge on any atom is -0.444 e. The van der Waals surface area contributed by atoms with Crippen LogP contribution < -0.4 is 5.32 Å². The minimum atomic E-state index is -0.516. The van der Waals surface area contributed by atoms with Gasteiger partial charge in [0.2, 0.25) is 0 Å². The Balaban J connectivity index is 1.84. The van der Waals surface area contributed by atoms with Gasteiger partial charge >= 0.3 is 6.09 Å². The number of aromatic nitrogens is 1. The Labute approximate surface area is 160 Å². The number of H-pyrrole nitrogens is 1. The van der Waals surface area contributed by atoms with Crippen molar-refractivity contribution in [1.29, 1.82) is 0 Å². The Morgan fingerprint density at radius 1 is 1.04 bits per heavy atom. The maximum Gasteiger partial charge on any atom is 0.407 e. The second kappa shape index (κ2) is 7.87. The van der Waals surface area contributed by atoms with E-state index in [2.05, 4.69) is 41.5 Å². The van der Waals surface area contributed by atoms with Crippen molar-refractivity contribution < 1.29 is 9.53 Å². The second-order valence-corrected chi connectivity index (χ2v) is 8.01. The highest BCUT2D eigenvalue weighted by atomic mass is 16.6. The number of nitrogens with one attached hydrogen (secondary N) is 2. The summed E-state index contributed by atoms with van der Waals surface area (Å²) in [5.41, 5.74) is 4.18. The van der Waals surface area contributed by atoms with Gasteiger partial charge in [0.1, 0.15) is 5.60 Å². The fourth-order valence-electron chi connectivity index (χ4n) is 3.39. The monoisotopic (exact) mass is 364 g/mol. The number of ether oxygens (including phenoxy) is 1. The van der Waals surface area contributed by atoms with Gasteiger partial charge in [0.05, 0.1) is 0 Å². The molecule has 1 atom stereocenters. The van der Waals surface area contributed by atoms with Crippen molar-refractivity contribution >= 4 is 17.0 Å². The van der Waals surface area contributed by atoms with Crippen molar-refractivity contribution in [2.75, 3.05) is 0 Å². The molecule has 0 spiro atoms. The van der Waals surface area contributed by atoms with Crippen LogP contribution in [0.1, 0.15) is 37.6 Å². The molecule has 0 bridgehead atoms. The largest absolute Gasteiger partial charge is 0.444 e. The molecule has 4 heteroatoms. The number of amides is 1. The molecule has 0 unspecified atom stereocenters. The fraction of sp³-hybridized carbons (Fsp3) is 0.348. The molecular formula is C23H28N2O2. The van der Waals surface area contributed by atoms with Crippen LogP contribution in [0, 0.1) is 6.92 Å². The molecule has 2 aromatic carbocycles. The molecule has 3 rings (SSSR count). The Morgan fingerprint density at radius 3 is 2.41 bits per heavy atom. The number of carbonyl (C=O) groups is 1. The Hall–Kier alpha value is -2.75. The molecular weight excluding hydrogens is 336 g/mol. The van der Waals surface area contributed by atoms with Crippen LogP contribution in [0.15, 0.2) is 54.6 Å². The normalized spacial score (nSPS) is 12.7. The van der Waals surface area contributed by atoms with E-state index in [1.54, 1.807) is 0 Å². The summed E-state index contributed by atoms with van der Waals surface area (Å²) in [4.78, 5) is 15.8. The summed E-state index contributed by atoms with van der Waals surface area (Å²) in [7, 11) is 0. The highest BCUT2D eigenvalue weighted by Gasteiger charge is 2.21. The summed E-state index contributed by atoms with van der Waals surface area (Å²) in [5.74, 6) is 0. The van der Waals surface area contributed by atoms with Gasteiger partial charge in [-0.3, -0.25) is 0 Å². The van der Waals surface area contributed by atoms with E-state index < -0.39 is 5.60 Å². The first kappa shape index (κ1) is 19.0. The lowest BCUT2D eigenvalue weighted by atomic mass is 9.97. The predicted octanol–water partition coefficient (Wildman–Crippen LogP) is 5.15. The maximum atomic E-state index is 12.4. The first-order chi connectivity index (χ1) is 12.8. The van der Waals surface area contributed by atoms with Crippen molar-refractivity contribution in [3.05, 3.63) is 71.4 Å². The molecule has 27 heavy (non-hydrogen) atoms. The van der Waals surface area contributed by atoms with Crippen LogP contribution in [0.4, 0.5) is 4.79 Å². The van der Waals surface area contributed by atoms with E-state index in [1.165, 1.54) is 16.5 Å². The van der Waals surface area contributed by atoms with Gasteiger partial charge in [0.15, 0.2) is 0 Å². The number of rotatable bonds is 5. The van der Waals surface area contributed by atoms with E-state index in [0.717, 1.165) is 24.1 Å². The first-order valence-electron chi connectivity index (χ1n) is 9.41. The van der Waals surface area contributed by atoms with Gasteiger partial charge in [-0.1, -0.05) is 48.5 Å². The average Bonchev–Trinajstić information content (AvgIpc) is 2.90. The SMILES string of the molecule is Cc1[nH]c2ccccc2c1C[C@@H](Cc1ccccc1)NC(=O)OC(C)(C)C. The lowest BCUT2D eigenvalue weighted by Gasteiger charge is -2.24. The zero-order valence-corrected chi connectivity index (χ0v) is 16.5. The molecule has 2 N–H and O–H groups in total. The molecule has 3 aromatic rings. The number of fused-ring (bicyclic) bond motifs is 1. The molecule has 0 aliphatic rings. The maximum absolute atomic E-state index is 12.4. The number of hydrogen-bond donors (Lipinski definition) is 2. The number of alkyl carbamates (subject to hydrolysis) is 1. The molecule has 0 aliphatic carbocycles. The summed E-state index contributed by atoms with van der Waals surface area (Å²) in [6.45, 7) is 7.72. The topological polar surface area (TPSA) is 54.1 Å². The number of aromatic amines is 1. The van der Waals surface area contributed by atoms with Gasteiger partial charge in [0.25, 0.3) is 0 Å². The molecule has 142 valence electrons. The third kappa shape index (κ3) is 5.13. The van der Waals surface area contributed by atoms with Crippen molar-refractivity contribution in [1.82, 2.24) is 10.3 Å². The van der Waals surface area contributed by atoms with E-state index in [0.29, 0.717) is 0 Å². The third-order valence-electron chi connectivity index (χ3n) is 4.52. The van der Waals surface area contributed by atoms with Crippen molar-refractivity contribution in [3.63, 3.8) is 0 Å². The van der Waals surface area contributed by atoms with Gasteiger partial charge in [-0.15, -0.1) is 0 Å². The molecule has 0 aliphatic heterocycles. The van der Waals surface area contributed by atoms with Crippen LogP contribution >= 0.6 is 0 Å². The Bertz CT molecular complexity index is 907. The predicted molar refractivity (Wildman–Crippen MR) is 110 cm³/mol. The molecule has 1 aromatic heterocycles. The summed E-state index contributed by atoms with van der Waals surface area (Å²) in [6, 6.07) is 18.5. The third-order valence-corrected chi connectivity index (χ3v) is 4.52. The van der Waals surface area contributed by atoms with E-state index in [4.69, 9.17) is 4.74 Å².